The molecule has 0 aliphatic heterocycles. The van der Waals surface area contributed by atoms with Crippen molar-refractivity contribution in [3.63, 3.8) is 0 Å². The third-order valence-electron chi connectivity index (χ3n) is 2.86. The van der Waals surface area contributed by atoms with Crippen LogP contribution in [0.1, 0.15) is 39.2 Å². The molecule has 1 fully saturated rings. The van der Waals surface area contributed by atoms with Crippen molar-refractivity contribution in [2.24, 2.45) is 11.3 Å². The molecule has 0 aromatic heterocycles. The maximum Gasteiger partial charge on any atom is 0.122 e. The fraction of sp³-hybridized carbons (Fsp3) is 0.600. The van der Waals surface area contributed by atoms with Crippen molar-refractivity contribution < 1.29 is 4.74 Å². The van der Waals surface area contributed by atoms with Crippen LogP contribution in [-0.2, 0) is 6.42 Å². The van der Waals surface area contributed by atoms with Gasteiger partial charge in [-0.3, -0.25) is 0 Å². The lowest BCUT2D eigenvalue weighted by Gasteiger charge is -2.20. The fourth-order valence-corrected chi connectivity index (χ4v) is 1.85. The molecule has 1 aliphatic carbocycles. The van der Waals surface area contributed by atoms with E-state index in [4.69, 9.17) is 4.74 Å². The van der Waals surface area contributed by atoms with Crippen molar-refractivity contribution in [1.82, 2.24) is 0 Å². The molecule has 0 spiro atoms. The van der Waals surface area contributed by atoms with Crippen molar-refractivity contribution in [3.05, 3.63) is 29.8 Å². The van der Waals surface area contributed by atoms with Gasteiger partial charge in [-0.05, 0) is 42.2 Å². The Morgan fingerprint density at radius 2 is 1.88 bits per heavy atom. The summed E-state index contributed by atoms with van der Waals surface area (Å²) in [6, 6.07) is 8.45. The molecule has 1 nitrogen and oxygen atoms in total. The smallest absolute Gasteiger partial charge is 0.122 e. The quantitative estimate of drug-likeness (QED) is 0.740. The van der Waals surface area contributed by atoms with E-state index in [9.17, 15) is 0 Å². The van der Waals surface area contributed by atoms with Crippen molar-refractivity contribution in [3.8, 4) is 5.75 Å². The van der Waals surface area contributed by atoms with Gasteiger partial charge in [0.25, 0.3) is 0 Å². The third-order valence-corrected chi connectivity index (χ3v) is 2.86. The molecule has 1 heteroatoms. The van der Waals surface area contributed by atoms with Crippen LogP contribution in [0.15, 0.2) is 24.3 Å². The van der Waals surface area contributed by atoms with Crippen LogP contribution in [0.3, 0.4) is 0 Å². The van der Waals surface area contributed by atoms with E-state index in [1.807, 2.05) is 0 Å². The zero-order valence-electron chi connectivity index (χ0n) is 10.6. The fourth-order valence-electron chi connectivity index (χ4n) is 1.85. The van der Waals surface area contributed by atoms with E-state index >= 15 is 0 Å². The van der Waals surface area contributed by atoms with Crippen LogP contribution in [-0.4, -0.2) is 6.61 Å². The van der Waals surface area contributed by atoms with Crippen LogP contribution in [0.2, 0.25) is 0 Å². The molecule has 88 valence electrons. The Balaban J connectivity index is 2.03. The Labute approximate surface area is 98.8 Å². The van der Waals surface area contributed by atoms with Crippen LogP contribution < -0.4 is 4.74 Å². The van der Waals surface area contributed by atoms with E-state index in [-0.39, 0.29) is 0 Å². The third kappa shape index (κ3) is 3.55. The van der Waals surface area contributed by atoms with Crippen molar-refractivity contribution >= 4 is 0 Å². The molecular weight excluding hydrogens is 196 g/mol. The zero-order chi connectivity index (χ0) is 11.6. The zero-order valence-corrected chi connectivity index (χ0v) is 10.6. The van der Waals surface area contributed by atoms with Gasteiger partial charge in [-0.2, -0.15) is 0 Å². The van der Waals surface area contributed by atoms with Crippen LogP contribution >= 0.6 is 0 Å². The highest BCUT2D eigenvalue weighted by Crippen LogP contribution is 2.32. The number of hydrogen-bond donors (Lipinski definition) is 0. The predicted molar refractivity (Wildman–Crippen MR) is 67.8 cm³/mol. The van der Waals surface area contributed by atoms with Gasteiger partial charge < -0.3 is 4.74 Å². The van der Waals surface area contributed by atoms with Gasteiger partial charge in [0.1, 0.15) is 5.75 Å². The van der Waals surface area contributed by atoms with Gasteiger partial charge in [-0.25, -0.2) is 0 Å². The van der Waals surface area contributed by atoms with E-state index in [0.29, 0.717) is 5.41 Å². The number of benzene rings is 1. The summed E-state index contributed by atoms with van der Waals surface area (Å²) in [6.45, 7) is 7.71. The largest absolute Gasteiger partial charge is 0.493 e. The molecule has 16 heavy (non-hydrogen) atoms. The number of ether oxygens (including phenoxy) is 1. The highest BCUT2D eigenvalue weighted by molar-refractivity contribution is 5.34. The lowest BCUT2D eigenvalue weighted by atomic mass is 9.88. The predicted octanol–water partition coefficient (Wildman–Crippen LogP) is 4.06. The molecule has 0 unspecified atom stereocenters. The molecule has 1 saturated carbocycles. The number of para-hydroxylation sites is 1. The average molecular weight is 218 g/mol. The van der Waals surface area contributed by atoms with Crippen LogP contribution in [0.25, 0.3) is 0 Å². The Morgan fingerprint density at radius 3 is 2.50 bits per heavy atom. The molecule has 0 bridgehead atoms. The minimum absolute atomic E-state index is 0.318. The lowest BCUT2D eigenvalue weighted by Crippen LogP contribution is -2.11. The van der Waals surface area contributed by atoms with Gasteiger partial charge in [0, 0.05) is 0 Å². The summed E-state index contributed by atoms with van der Waals surface area (Å²) in [5, 5.41) is 0. The standard InChI is InChI=1S/C15H22O/c1-15(2,3)10-13-6-4-5-7-14(13)16-11-12-8-9-12/h4-7,12H,8-11H2,1-3H3. The summed E-state index contributed by atoms with van der Waals surface area (Å²) >= 11 is 0. The summed E-state index contributed by atoms with van der Waals surface area (Å²) in [5.74, 6) is 1.91. The summed E-state index contributed by atoms with van der Waals surface area (Å²) in [7, 11) is 0. The first-order valence-corrected chi connectivity index (χ1v) is 6.25. The monoisotopic (exact) mass is 218 g/mol. The minimum atomic E-state index is 0.318. The summed E-state index contributed by atoms with van der Waals surface area (Å²) in [4.78, 5) is 0. The SMILES string of the molecule is CC(C)(C)Cc1ccccc1OCC1CC1. The second-order valence-electron chi connectivity index (χ2n) is 6.10. The summed E-state index contributed by atoms with van der Waals surface area (Å²) < 4.78 is 5.91. The van der Waals surface area contributed by atoms with Gasteiger partial charge >= 0.3 is 0 Å². The van der Waals surface area contributed by atoms with E-state index < -0.39 is 0 Å². The van der Waals surface area contributed by atoms with Crippen molar-refractivity contribution in [1.29, 1.82) is 0 Å². The molecular formula is C15H22O. The molecule has 1 aliphatic rings. The maximum absolute atomic E-state index is 5.91. The second kappa shape index (κ2) is 4.48. The molecule has 1 aromatic carbocycles. The second-order valence-corrected chi connectivity index (χ2v) is 6.10. The van der Waals surface area contributed by atoms with E-state index in [1.54, 1.807) is 0 Å². The van der Waals surface area contributed by atoms with E-state index in [2.05, 4.69) is 45.0 Å². The lowest BCUT2D eigenvalue weighted by molar-refractivity contribution is 0.292. The molecule has 0 N–H and O–H groups in total. The molecule has 0 radical (unpaired) electrons. The van der Waals surface area contributed by atoms with Crippen LogP contribution in [0.5, 0.6) is 5.75 Å². The molecule has 0 heterocycles. The molecule has 1 aromatic rings. The Morgan fingerprint density at radius 1 is 1.19 bits per heavy atom. The van der Waals surface area contributed by atoms with Gasteiger partial charge in [-0.1, -0.05) is 39.0 Å². The highest BCUT2D eigenvalue weighted by Gasteiger charge is 2.22. The molecule has 2 rings (SSSR count). The first kappa shape index (κ1) is 11.5. The van der Waals surface area contributed by atoms with Gasteiger partial charge in [0.05, 0.1) is 6.61 Å². The maximum atomic E-state index is 5.91. The first-order chi connectivity index (χ1) is 7.54. The Kier molecular flexibility index (Phi) is 3.22. The Hall–Kier alpha value is -0.980. The highest BCUT2D eigenvalue weighted by atomic mass is 16.5. The summed E-state index contributed by atoms with van der Waals surface area (Å²) in [6.07, 6.45) is 3.77. The van der Waals surface area contributed by atoms with Gasteiger partial charge in [-0.15, -0.1) is 0 Å². The van der Waals surface area contributed by atoms with Crippen molar-refractivity contribution in [2.75, 3.05) is 6.61 Å². The topological polar surface area (TPSA) is 9.23 Å². The minimum Gasteiger partial charge on any atom is -0.493 e. The normalized spacial score (nSPS) is 16.2. The average Bonchev–Trinajstić information content (AvgIpc) is 2.98. The van der Waals surface area contributed by atoms with Crippen LogP contribution in [0, 0.1) is 11.3 Å². The van der Waals surface area contributed by atoms with Crippen molar-refractivity contribution in [2.45, 2.75) is 40.0 Å². The number of hydrogen-bond acceptors (Lipinski definition) is 1. The van der Waals surface area contributed by atoms with Crippen LogP contribution in [0.4, 0.5) is 0 Å². The van der Waals surface area contributed by atoms with E-state index in [1.165, 1.54) is 18.4 Å². The molecule has 0 atom stereocenters. The van der Waals surface area contributed by atoms with Gasteiger partial charge in [0.2, 0.25) is 0 Å². The number of rotatable bonds is 4. The molecule has 0 amide bonds. The Bertz CT molecular complexity index is 345. The van der Waals surface area contributed by atoms with Gasteiger partial charge in [0.15, 0.2) is 0 Å². The van der Waals surface area contributed by atoms with E-state index in [0.717, 1.165) is 24.7 Å². The summed E-state index contributed by atoms with van der Waals surface area (Å²) in [5.41, 5.74) is 1.66. The molecule has 0 saturated heterocycles. The first-order valence-electron chi connectivity index (χ1n) is 6.25.